The van der Waals surface area contributed by atoms with E-state index in [9.17, 15) is 13.2 Å². The van der Waals surface area contributed by atoms with Gasteiger partial charge in [-0.05, 0) is 35.6 Å². The summed E-state index contributed by atoms with van der Waals surface area (Å²) in [4.78, 5) is 12.5. The lowest BCUT2D eigenvalue weighted by Gasteiger charge is -2.25. The van der Waals surface area contributed by atoms with Crippen LogP contribution in [0.3, 0.4) is 0 Å². The molecule has 0 spiro atoms. The average Bonchev–Trinajstić information content (AvgIpc) is 2.61. The van der Waals surface area contributed by atoms with Crippen molar-refractivity contribution in [1.82, 2.24) is 4.72 Å². The first kappa shape index (κ1) is 17.6. The Morgan fingerprint density at radius 3 is 2.68 bits per heavy atom. The number of amides is 1. The number of carbonyl (C=O) groups excluding carboxylic acids is 1. The Kier molecular flexibility index (Phi) is 5.20. The smallest absolute Gasteiger partial charge is 0.264 e. The second kappa shape index (κ2) is 7.37. The molecule has 0 radical (unpaired) electrons. The van der Waals surface area contributed by atoms with E-state index < -0.39 is 22.0 Å². The maximum atomic E-state index is 12.5. The van der Waals surface area contributed by atoms with Crippen LogP contribution in [-0.4, -0.2) is 20.9 Å². The van der Waals surface area contributed by atoms with E-state index in [-0.39, 0.29) is 11.3 Å². The minimum Gasteiger partial charge on any atom is -0.373 e. The highest BCUT2D eigenvalue weighted by atomic mass is 32.2. The Morgan fingerprint density at radius 1 is 1.16 bits per heavy atom. The molecule has 6 heteroatoms. The van der Waals surface area contributed by atoms with Crippen LogP contribution in [0, 0.1) is 0 Å². The predicted molar refractivity (Wildman–Crippen MR) is 94.6 cm³/mol. The van der Waals surface area contributed by atoms with E-state index in [1.165, 1.54) is 6.07 Å². The number of aryl methyl sites for hydroxylation is 1. The fourth-order valence-electron chi connectivity index (χ4n) is 3.12. The van der Waals surface area contributed by atoms with Crippen molar-refractivity contribution in [2.24, 2.45) is 0 Å². The number of rotatable bonds is 5. The Balaban J connectivity index is 1.75. The molecule has 5 nitrogen and oxygen atoms in total. The molecule has 2 aromatic carbocycles. The van der Waals surface area contributed by atoms with E-state index in [4.69, 9.17) is 4.74 Å². The molecular formula is C19H21NO4S. The summed E-state index contributed by atoms with van der Waals surface area (Å²) >= 11 is 0. The van der Waals surface area contributed by atoms with Crippen LogP contribution >= 0.6 is 0 Å². The second-order valence-corrected chi connectivity index (χ2v) is 7.65. The van der Waals surface area contributed by atoms with Crippen molar-refractivity contribution in [2.75, 3.05) is 6.61 Å². The maximum Gasteiger partial charge on any atom is 0.264 e. The van der Waals surface area contributed by atoms with Crippen LogP contribution < -0.4 is 4.72 Å². The highest BCUT2D eigenvalue weighted by Crippen LogP contribution is 2.29. The van der Waals surface area contributed by atoms with E-state index in [0.717, 1.165) is 17.5 Å². The largest absolute Gasteiger partial charge is 0.373 e. The van der Waals surface area contributed by atoms with Crippen molar-refractivity contribution in [3.05, 3.63) is 65.2 Å². The molecule has 1 unspecified atom stereocenters. The van der Waals surface area contributed by atoms with E-state index >= 15 is 0 Å². The van der Waals surface area contributed by atoms with E-state index in [1.54, 1.807) is 18.2 Å². The van der Waals surface area contributed by atoms with Crippen LogP contribution in [0.1, 0.15) is 36.1 Å². The van der Waals surface area contributed by atoms with Gasteiger partial charge in [-0.3, -0.25) is 4.79 Å². The van der Waals surface area contributed by atoms with Crippen molar-refractivity contribution < 1.29 is 17.9 Å². The summed E-state index contributed by atoms with van der Waals surface area (Å²) < 4.78 is 32.9. The molecule has 3 rings (SSSR count). The van der Waals surface area contributed by atoms with Gasteiger partial charge in [0, 0.05) is 0 Å². The minimum absolute atomic E-state index is 0.0233. The Morgan fingerprint density at radius 2 is 1.88 bits per heavy atom. The van der Waals surface area contributed by atoms with E-state index in [1.807, 2.05) is 31.2 Å². The monoisotopic (exact) mass is 359 g/mol. The predicted octanol–water partition coefficient (Wildman–Crippen LogP) is 2.76. The second-order valence-electron chi connectivity index (χ2n) is 6.00. The maximum absolute atomic E-state index is 12.5. The van der Waals surface area contributed by atoms with Crippen molar-refractivity contribution in [3.63, 3.8) is 0 Å². The topological polar surface area (TPSA) is 72.5 Å². The number of sulfonamides is 1. The summed E-state index contributed by atoms with van der Waals surface area (Å²) in [6.07, 6.45) is 0.937. The lowest BCUT2D eigenvalue weighted by atomic mass is 9.96. The molecule has 0 fully saturated rings. The fraction of sp³-hybridized carbons (Fsp3) is 0.316. The first-order valence-corrected chi connectivity index (χ1v) is 9.82. The zero-order valence-electron chi connectivity index (χ0n) is 14.1. The SMILES string of the molecule is CCc1ccccc1S(=O)(=O)NC(=O)CC1OCCc2ccccc21. The summed E-state index contributed by atoms with van der Waals surface area (Å²) in [6, 6.07) is 14.5. The van der Waals surface area contributed by atoms with Crippen LogP contribution in [0.15, 0.2) is 53.4 Å². The number of ether oxygens (including phenoxy) is 1. The lowest BCUT2D eigenvalue weighted by Crippen LogP contribution is -2.33. The standard InChI is InChI=1S/C19H21NO4S/c1-2-14-7-4-6-10-18(14)25(22,23)20-19(21)13-17-16-9-5-3-8-15(16)11-12-24-17/h3-10,17H,2,11-13H2,1H3,(H,20,21). The minimum atomic E-state index is -3.89. The summed E-state index contributed by atoms with van der Waals surface area (Å²) in [5.74, 6) is -0.562. The van der Waals surface area contributed by atoms with Crippen LogP contribution in [-0.2, 0) is 32.4 Å². The zero-order valence-corrected chi connectivity index (χ0v) is 14.9. The normalized spacial score (nSPS) is 16.9. The van der Waals surface area contributed by atoms with Gasteiger partial charge in [0.1, 0.15) is 0 Å². The number of benzene rings is 2. The van der Waals surface area contributed by atoms with Gasteiger partial charge in [0.2, 0.25) is 5.91 Å². The molecule has 0 saturated carbocycles. The number of fused-ring (bicyclic) bond motifs is 1. The van der Waals surface area contributed by atoms with Crippen LogP contribution in [0.2, 0.25) is 0 Å². The van der Waals surface area contributed by atoms with Crippen molar-refractivity contribution in [2.45, 2.75) is 37.2 Å². The zero-order chi connectivity index (χ0) is 17.9. The highest BCUT2D eigenvalue weighted by Gasteiger charge is 2.26. The van der Waals surface area contributed by atoms with Crippen LogP contribution in [0.4, 0.5) is 0 Å². The van der Waals surface area contributed by atoms with E-state index in [2.05, 4.69) is 4.72 Å². The highest BCUT2D eigenvalue weighted by molar-refractivity contribution is 7.90. The molecule has 1 amide bonds. The molecule has 1 aliphatic heterocycles. The number of carbonyl (C=O) groups is 1. The first-order valence-electron chi connectivity index (χ1n) is 8.34. The van der Waals surface area contributed by atoms with Crippen molar-refractivity contribution >= 4 is 15.9 Å². The number of hydrogen-bond acceptors (Lipinski definition) is 4. The van der Waals surface area contributed by atoms with Crippen molar-refractivity contribution in [1.29, 1.82) is 0 Å². The van der Waals surface area contributed by atoms with Gasteiger partial charge in [0.15, 0.2) is 0 Å². The van der Waals surface area contributed by atoms with Gasteiger partial charge in [0.25, 0.3) is 10.0 Å². The molecule has 1 aliphatic rings. The van der Waals surface area contributed by atoms with Gasteiger partial charge >= 0.3 is 0 Å². The number of nitrogens with one attached hydrogen (secondary N) is 1. The molecular weight excluding hydrogens is 338 g/mol. The summed E-state index contributed by atoms with van der Waals surface area (Å²) in [5, 5.41) is 0. The van der Waals surface area contributed by atoms with Gasteiger partial charge in [0.05, 0.1) is 24.0 Å². The van der Waals surface area contributed by atoms with Gasteiger partial charge < -0.3 is 4.74 Å². The lowest BCUT2D eigenvalue weighted by molar-refractivity contribution is -0.122. The molecule has 2 aromatic rings. The summed E-state index contributed by atoms with van der Waals surface area (Å²) in [5.41, 5.74) is 2.78. The molecule has 0 saturated heterocycles. The van der Waals surface area contributed by atoms with Crippen LogP contribution in [0.5, 0.6) is 0 Å². The molecule has 0 bridgehead atoms. The Labute approximate surface area is 148 Å². The van der Waals surface area contributed by atoms with Gasteiger partial charge in [-0.25, -0.2) is 13.1 Å². The molecule has 132 valence electrons. The van der Waals surface area contributed by atoms with E-state index in [0.29, 0.717) is 18.6 Å². The third kappa shape index (κ3) is 3.91. The Bertz CT molecular complexity index is 876. The average molecular weight is 359 g/mol. The molecule has 1 heterocycles. The molecule has 0 aromatic heterocycles. The summed E-state index contributed by atoms with van der Waals surface area (Å²) in [6.45, 7) is 2.41. The number of hydrogen-bond donors (Lipinski definition) is 1. The van der Waals surface area contributed by atoms with Crippen LogP contribution in [0.25, 0.3) is 0 Å². The third-order valence-corrected chi connectivity index (χ3v) is 5.83. The molecule has 1 N–H and O–H groups in total. The molecule has 25 heavy (non-hydrogen) atoms. The molecule has 0 aliphatic carbocycles. The quantitative estimate of drug-likeness (QED) is 0.891. The fourth-order valence-corrected chi connectivity index (χ4v) is 4.43. The van der Waals surface area contributed by atoms with Gasteiger partial charge in [-0.2, -0.15) is 0 Å². The molecule has 1 atom stereocenters. The van der Waals surface area contributed by atoms with Gasteiger partial charge in [-0.1, -0.05) is 49.4 Å². The third-order valence-electron chi connectivity index (χ3n) is 4.35. The summed E-state index contributed by atoms with van der Waals surface area (Å²) in [7, 11) is -3.89. The van der Waals surface area contributed by atoms with Gasteiger partial charge in [-0.15, -0.1) is 0 Å². The van der Waals surface area contributed by atoms with Crippen molar-refractivity contribution in [3.8, 4) is 0 Å². The Hall–Kier alpha value is -2.18. The first-order chi connectivity index (χ1) is 12.0.